The molecule has 2 aromatic rings. The van der Waals surface area contributed by atoms with Gasteiger partial charge in [-0.05, 0) is 49.6 Å². The quantitative estimate of drug-likeness (QED) is 0.744. The first-order valence-electron chi connectivity index (χ1n) is 8.43. The maximum Gasteiger partial charge on any atom is 0.325 e. The van der Waals surface area contributed by atoms with Crippen LogP contribution < -0.4 is 10.6 Å². The summed E-state index contributed by atoms with van der Waals surface area (Å²) in [5.74, 6) is -1.63. The van der Waals surface area contributed by atoms with Crippen LogP contribution in [0.1, 0.15) is 35.7 Å². The maximum atomic E-state index is 12.7. The molecule has 1 unspecified atom stereocenters. The zero-order chi connectivity index (χ0) is 18.7. The van der Waals surface area contributed by atoms with Crippen molar-refractivity contribution in [2.24, 2.45) is 0 Å². The highest BCUT2D eigenvalue weighted by atomic mass is 16.4. The van der Waals surface area contributed by atoms with Gasteiger partial charge in [-0.25, -0.2) is 0 Å². The van der Waals surface area contributed by atoms with Crippen molar-refractivity contribution in [3.8, 4) is 0 Å². The van der Waals surface area contributed by atoms with Crippen molar-refractivity contribution in [2.45, 2.75) is 31.2 Å². The number of aliphatic carboxylic acids is 1. The zero-order valence-electron chi connectivity index (χ0n) is 14.4. The number of carboxylic acid groups (broad SMARTS) is 1. The molecule has 0 saturated heterocycles. The lowest BCUT2D eigenvalue weighted by atomic mass is 9.95. The number of amides is 2. The van der Waals surface area contributed by atoms with Crippen LogP contribution in [0.4, 0.5) is 5.69 Å². The number of rotatable bonds is 6. The molecular weight excluding hydrogens is 332 g/mol. The Labute approximate surface area is 151 Å². The number of hydrogen-bond acceptors (Lipinski definition) is 3. The minimum atomic E-state index is -1.10. The smallest absolute Gasteiger partial charge is 0.325 e. The lowest BCUT2D eigenvalue weighted by Crippen LogP contribution is -2.38. The second kappa shape index (κ2) is 7.00. The number of nitrogens with one attached hydrogen (secondary N) is 2. The summed E-state index contributed by atoms with van der Waals surface area (Å²) in [7, 11) is 0. The molecule has 6 nitrogen and oxygen atoms in total. The van der Waals surface area contributed by atoms with Gasteiger partial charge in [0.2, 0.25) is 5.91 Å². The first kappa shape index (κ1) is 17.7. The molecule has 1 fully saturated rings. The average Bonchev–Trinajstić information content (AvgIpc) is 3.45. The van der Waals surface area contributed by atoms with Crippen LogP contribution in [-0.2, 0) is 15.0 Å². The Balaban J connectivity index is 1.65. The summed E-state index contributed by atoms with van der Waals surface area (Å²) in [5.41, 5.74) is 1.48. The monoisotopic (exact) mass is 352 g/mol. The van der Waals surface area contributed by atoms with Gasteiger partial charge in [-0.3, -0.25) is 14.4 Å². The van der Waals surface area contributed by atoms with Crippen LogP contribution in [0.3, 0.4) is 0 Å². The third kappa shape index (κ3) is 3.59. The summed E-state index contributed by atoms with van der Waals surface area (Å²) in [6.45, 7) is 1.40. The minimum absolute atomic E-state index is 0.0552. The molecule has 3 N–H and O–H groups in total. The van der Waals surface area contributed by atoms with Crippen LogP contribution in [0, 0.1) is 0 Å². The molecule has 1 aliphatic rings. The predicted octanol–water partition coefficient (Wildman–Crippen LogP) is 2.56. The van der Waals surface area contributed by atoms with Gasteiger partial charge >= 0.3 is 5.97 Å². The van der Waals surface area contributed by atoms with Crippen LogP contribution in [0.15, 0.2) is 54.6 Å². The van der Waals surface area contributed by atoms with E-state index < -0.39 is 23.3 Å². The molecule has 2 aromatic carbocycles. The van der Waals surface area contributed by atoms with E-state index in [0.717, 1.165) is 18.4 Å². The Bertz CT molecular complexity index is 827. The van der Waals surface area contributed by atoms with E-state index in [1.54, 1.807) is 24.3 Å². The van der Waals surface area contributed by atoms with E-state index in [-0.39, 0.29) is 5.91 Å². The molecule has 0 heterocycles. The van der Waals surface area contributed by atoms with Gasteiger partial charge < -0.3 is 15.7 Å². The molecule has 1 atom stereocenters. The van der Waals surface area contributed by atoms with Crippen molar-refractivity contribution in [3.63, 3.8) is 0 Å². The molecule has 0 bridgehead atoms. The summed E-state index contributed by atoms with van der Waals surface area (Å²) in [6, 6.07) is 15.1. The zero-order valence-corrected chi connectivity index (χ0v) is 14.4. The highest BCUT2D eigenvalue weighted by molar-refractivity contribution is 6.02. The first-order chi connectivity index (χ1) is 12.4. The fourth-order valence-corrected chi connectivity index (χ4v) is 2.83. The number of carbonyl (C=O) groups excluding carboxylic acids is 2. The van der Waals surface area contributed by atoms with Crippen LogP contribution in [0.2, 0.25) is 0 Å². The van der Waals surface area contributed by atoms with Crippen LogP contribution >= 0.6 is 0 Å². The van der Waals surface area contributed by atoms with Gasteiger partial charge in [-0.15, -0.1) is 0 Å². The predicted molar refractivity (Wildman–Crippen MR) is 97.0 cm³/mol. The third-order valence-electron chi connectivity index (χ3n) is 4.63. The fraction of sp³-hybridized carbons (Fsp3) is 0.250. The van der Waals surface area contributed by atoms with Crippen molar-refractivity contribution < 1.29 is 19.5 Å². The van der Waals surface area contributed by atoms with Crippen LogP contribution in [-0.4, -0.2) is 28.9 Å². The van der Waals surface area contributed by atoms with Crippen molar-refractivity contribution >= 4 is 23.5 Å². The van der Waals surface area contributed by atoms with E-state index in [1.807, 2.05) is 30.3 Å². The summed E-state index contributed by atoms with van der Waals surface area (Å²) in [5, 5.41) is 14.1. The largest absolute Gasteiger partial charge is 0.480 e. The average molecular weight is 352 g/mol. The van der Waals surface area contributed by atoms with Crippen LogP contribution in [0.5, 0.6) is 0 Å². The number of carboxylic acids is 1. The topological polar surface area (TPSA) is 95.5 Å². The van der Waals surface area contributed by atoms with Crippen molar-refractivity contribution in [3.05, 3.63) is 65.7 Å². The molecule has 1 saturated carbocycles. The Morgan fingerprint density at radius 3 is 2.15 bits per heavy atom. The van der Waals surface area contributed by atoms with Gasteiger partial charge in [-0.2, -0.15) is 0 Å². The van der Waals surface area contributed by atoms with E-state index in [4.69, 9.17) is 5.11 Å². The Morgan fingerprint density at radius 2 is 1.62 bits per heavy atom. The molecule has 0 aromatic heterocycles. The number of carbonyl (C=O) groups is 3. The van der Waals surface area contributed by atoms with Crippen molar-refractivity contribution in [2.75, 3.05) is 5.32 Å². The number of benzene rings is 2. The minimum Gasteiger partial charge on any atom is -0.480 e. The Morgan fingerprint density at radius 1 is 1.00 bits per heavy atom. The van der Waals surface area contributed by atoms with E-state index in [0.29, 0.717) is 11.3 Å². The second-order valence-corrected chi connectivity index (χ2v) is 6.51. The van der Waals surface area contributed by atoms with Crippen molar-refractivity contribution in [1.29, 1.82) is 0 Å². The third-order valence-corrected chi connectivity index (χ3v) is 4.63. The van der Waals surface area contributed by atoms with E-state index in [1.165, 1.54) is 6.92 Å². The second-order valence-electron chi connectivity index (χ2n) is 6.51. The molecule has 2 amide bonds. The highest BCUT2D eigenvalue weighted by Gasteiger charge is 2.51. The van der Waals surface area contributed by atoms with Gasteiger partial charge in [-0.1, -0.05) is 30.3 Å². The lowest BCUT2D eigenvalue weighted by molar-refractivity contribution is -0.138. The molecule has 26 heavy (non-hydrogen) atoms. The molecule has 3 rings (SSSR count). The molecule has 6 heteroatoms. The summed E-state index contributed by atoms with van der Waals surface area (Å²) >= 11 is 0. The van der Waals surface area contributed by atoms with Gasteiger partial charge in [0.1, 0.15) is 6.04 Å². The van der Waals surface area contributed by atoms with Crippen LogP contribution in [0.25, 0.3) is 0 Å². The number of anilines is 1. The fourth-order valence-electron chi connectivity index (χ4n) is 2.83. The molecular formula is C20H20N2O4. The first-order valence-corrected chi connectivity index (χ1v) is 8.43. The van der Waals surface area contributed by atoms with E-state index >= 15 is 0 Å². The normalized spacial score (nSPS) is 15.6. The SMILES string of the molecule is CC(NC(=O)c1ccc(NC(=O)C2(c3ccccc3)CC2)cc1)C(=O)O. The molecule has 0 aliphatic heterocycles. The maximum absolute atomic E-state index is 12.7. The molecule has 1 aliphatic carbocycles. The summed E-state index contributed by atoms with van der Waals surface area (Å²) in [4.78, 5) is 35.5. The van der Waals surface area contributed by atoms with Gasteiger partial charge in [0.05, 0.1) is 5.41 Å². The van der Waals surface area contributed by atoms with Gasteiger partial charge in [0.15, 0.2) is 0 Å². The highest BCUT2D eigenvalue weighted by Crippen LogP contribution is 2.48. The summed E-state index contributed by atoms with van der Waals surface area (Å²) < 4.78 is 0. The van der Waals surface area contributed by atoms with Crippen molar-refractivity contribution in [1.82, 2.24) is 5.32 Å². The molecule has 0 spiro atoms. The van der Waals surface area contributed by atoms with E-state index in [2.05, 4.69) is 10.6 Å². The Kier molecular flexibility index (Phi) is 4.75. The standard InChI is InChI=1S/C20H20N2O4/c1-13(18(24)25)21-17(23)14-7-9-16(10-8-14)22-19(26)20(11-12-20)15-5-3-2-4-6-15/h2-10,13H,11-12H2,1H3,(H,21,23)(H,22,26)(H,24,25). The molecule has 134 valence electrons. The Hall–Kier alpha value is -3.15. The van der Waals surface area contributed by atoms with Gasteiger partial charge in [0.25, 0.3) is 5.91 Å². The molecule has 0 radical (unpaired) electrons. The van der Waals surface area contributed by atoms with Gasteiger partial charge in [0, 0.05) is 11.3 Å². The number of hydrogen-bond donors (Lipinski definition) is 3. The summed E-state index contributed by atoms with van der Waals surface area (Å²) in [6.07, 6.45) is 1.63. The lowest BCUT2D eigenvalue weighted by Gasteiger charge is -2.16. The van der Waals surface area contributed by atoms with E-state index in [9.17, 15) is 14.4 Å².